The molecule has 1 aliphatic rings. The van der Waals surface area contributed by atoms with Gasteiger partial charge in [0.25, 0.3) is 0 Å². The minimum absolute atomic E-state index is 0.00315. The molecule has 3 rings (SSSR count). The number of aliphatic hydroxyl groups is 1. The molecule has 30 heavy (non-hydrogen) atoms. The molecule has 1 aliphatic carbocycles. The fourth-order valence-electron chi connectivity index (χ4n) is 4.71. The molecule has 2 aromatic carbocycles. The van der Waals surface area contributed by atoms with E-state index in [1.165, 1.54) is 5.56 Å². The van der Waals surface area contributed by atoms with Crippen LogP contribution in [0.15, 0.2) is 42.5 Å². The molecule has 0 fully saturated rings. The van der Waals surface area contributed by atoms with Gasteiger partial charge < -0.3 is 19.5 Å². The van der Waals surface area contributed by atoms with Crippen molar-refractivity contribution in [1.29, 1.82) is 0 Å². The number of hydrogen-bond donors (Lipinski definition) is 1. The standard InChI is InChI=1S/C25H34ClNO3/c1-27(16-17-29-2)15-7-14-25(28)21-10-5-4-8-19(21)9-6-11-22(25)20-12-13-23(26)24(18-20)30-3/h4-5,8,10,12-13,18,22,28H,6-7,9,11,14-17H2,1-3H3/t22-,25-/m0/s1. The topological polar surface area (TPSA) is 41.9 Å². The largest absolute Gasteiger partial charge is 0.495 e. The second-order valence-corrected chi connectivity index (χ2v) is 8.73. The highest BCUT2D eigenvalue weighted by Crippen LogP contribution is 2.48. The molecule has 4 nitrogen and oxygen atoms in total. The zero-order valence-electron chi connectivity index (χ0n) is 18.4. The summed E-state index contributed by atoms with van der Waals surface area (Å²) in [6.07, 6.45) is 4.58. The van der Waals surface area contributed by atoms with E-state index < -0.39 is 5.60 Å². The van der Waals surface area contributed by atoms with E-state index in [0.717, 1.165) is 56.5 Å². The van der Waals surface area contributed by atoms with Gasteiger partial charge in [0.2, 0.25) is 0 Å². The Balaban J connectivity index is 1.92. The summed E-state index contributed by atoms with van der Waals surface area (Å²) in [5.41, 5.74) is 2.49. The van der Waals surface area contributed by atoms with Crippen LogP contribution in [0.5, 0.6) is 5.75 Å². The minimum atomic E-state index is -0.923. The number of halogens is 1. The number of nitrogens with zero attached hydrogens (tertiary/aromatic N) is 1. The summed E-state index contributed by atoms with van der Waals surface area (Å²) in [5.74, 6) is 0.657. The van der Waals surface area contributed by atoms with Crippen molar-refractivity contribution < 1.29 is 14.6 Å². The van der Waals surface area contributed by atoms with E-state index in [0.29, 0.717) is 17.2 Å². The van der Waals surface area contributed by atoms with Gasteiger partial charge in [-0.1, -0.05) is 41.9 Å². The average molecular weight is 432 g/mol. The summed E-state index contributed by atoms with van der Waals surface area (Å²) in [6, 6.07) is 14.3. The van der Waals surface area contributed by atoms with Crippen LogP contribution in [0.25, 0.3) is 0 Å². The maximum atomic E-state index is 12.2. The zero-order valence-corrected chi connectivity index (χ0v) is 19.1. The normalized spacial score (nSPS) is 21.3. The molecular weight excluding hydrogens is 398 g/mol. The molecule has 0 bridgehead atoms. The monoisotopic (exact) mass is 431 g/mol. The Kier molecular flexibility index (Phi) is 8.18. The summed E-state index contributed by atoms with van der Waals surface area (Å²) < 4.78 is 10.6. The Bertz CT molecular complexity index is 828. The number of aryl methyl sites for hydroxylation is 1. The highest BCUT2D eigenvalue weighted by atomic mass is 35.5. The molecule has 0 heterocycles. The third-order valence-corrected chi connectivity index (χ3v) is 6.66. The number of fused-ring (bicyclic) bond motifs is 1. The van der Waals surface area contributed by atoms with Gasteiger partial charge in [0, 0.05) is 19.6 Å². The SMILES string of the molecule is COCCN(C)CCC[C@]1(O)c2ccccc2CCC[C@H]1c1ccc(Cl)c(OC)c1. The number of ether oxygens (including phenoxy) is 2. The first-order valence-corrected chi connectivity index (χ1v) is 11.2. The summed E-state index contributed by atoms with van der Waals surface area (Å²) in [6.45, 7) is 2.53. The van der Waals surface area contributed by atoms with Crippen LogP contribution in [0.4, 0.5) is 0 Å². The van der Waals surface area contributed by atoms with E-state index in [9.17, 15) is 5.11 Å². The van der Waals surface area contributed by atoms with E-state index in [2.05, 4.69) is 30.1 Å². The zero-order chi connectivity index (χ0) is 21.6. The number of rotatable bonds is 9. The molecule has 0 aliphatic heterocycles. The fraction of sp³-hybridized carbons (Fsp3) is 0.520. The van der Waals surface area contributed by atoms with Crippen molar-refractivity contribution in [3.8, 4) is 5.75 Å². The first kappa shape index (κ1) is 23.1. The van der Waals surface area contributed by atoms with Gasteiger partial charge in [0.15, 0.2) is 0 Å². The quantitative estimate of drug-likeness (QED) is 0.566. The summed E-state index contributed by atoms with van der Waals surface area (Å²) in [5, 5.41) is 12.8. The Morgan fingerprint density at radius 2 is 1.97 bits per heavy atom. The average Bonchev–Trinajstić information content (AvgIpc) is 2.90. The van der Waals surface area contributed by atoms with Gasteiger partial charge in [0.05, 0.1) is 24.3 Å². The second kappa shape index (κ2) is 10.6. The van der Waals surface area contributed by atoms with Gasteiger partial charge in [-0.3, -0.25) is 0 Å². The van der Waals surface area contributed by atoms with E-state index >= 15 is 0 Å². The van der Waals surface area contributed by atoms with Crippen molar-refractivity contribution in [3.63, 3.8) is 0 Å². The number of methoxy groups -OCH3 is 2. The van der Waals surface area contributed by atoms with Crippen molar-refractivity contribution in [2.45, 2.75) is 43.6 Å². The van der Waals surface area contributed by atoms with Gasteiger partial charge in [-0.25, -0.2) is 0 Å². The number of benzene rings is 2. The molecule has 0 radical (unpaired) electrons. The van der Waals surface area contributed by atoms with Gasteiger partial charge in [-0.15, -0.1) is 0 Å². The predicted molar refractivity (Wildman–Crippen MR) is 123 cm³/mol. The molecule has 0 aromatic heterocycles. The third kappa shape index (κ3) is 5.17. The van der Waals surface area contributed by atoms with E-state index in [1.54, 1.807) is 14.2 Å². The Morgan fingerprint density at radius 1 is 1.17 bits per heavy atom. The highest BCUT2D eigenvalue weighted by molar-refractivity contribution is 6.32. The van der Waals surface area contributed by atoms with Crippen LogP contribution in [0, 0.1) is 0 Å². The van der Waals surface area contributed by atoms with Gasteiger partial charge in [-0.2, -0.15) is 0 Å². The van der Waals surface area contributed by atoms with Crippen LogP contribution in [0.2, 0.25) is 5.02 Å². The van der Waals surface area contributed by atoms with Crippen molar-refractivity contribution in [3.05, 3.63) is 64.2 Å². The lowest BCUT2D eigenvalue weighted by atomic mass is 9.73. The molecule has 2 aromatic rings. The molecule has 164 valence electrons. The van der Waals surface area contributed by atoms with Crippen LogP contribution in [0.1, 0.15) is 48.3 Å². The Hall–Kier alpha value is -1.59. The van der Waals surface area contributed by atoms with E-state index in [4.69, 9.17) is 21.1 Å². The smallest absolute Gasteiger partial charge is 0.137 e. The van der Waals surface area contributed by atoms with Crippen molar-refractivity contribution in [2.75, 3.05) is 41.0 Å². The lowest BCUT2D eigenvalue weighted by Gasteiger charge is -2.37. The van der Waals surface area contributed by atoms with Crippen molar-refractivity contribution >= 4 is 11.6 Å². The first-order chi connectivity index (χ1) is 14.5. The lowest BCUT2D eigenvalue weighted by Crippen LogP contribution is -2.35. The summed E-state index contributed by atoms with van der Waals surface area (Å²) >= 11 is 6.28. The molecular formula is C25H34ClNO3. The van der Waals surface area contributed by atoms with Gasteiger partial charge in [-0.05, 0) is 74.5 Å². The van der Waals surface area contributed by atoms with Crippen molar-refractivity contribution in [1.82, 2.24) is 4.90 Å². The van der Waals surface area contributed by atoms with Gasteiger partial charge >= 0.3 is 0 Å². The van der Waals surface area contributed by atoms with E-state index in [1.807, 2.05) is 24.3 Å². The maximum Gasteiger partial charge on any atom is 0.137 e. The molecule has 0 unspecified atom stereocenters. The summed E-state index contributed by atoms with van der Waals surface area (Å²) in [4.78, 5) is 2.26. The van der Waals surface area contributed by atoms with Gasteiger partial charge in [0.1, 0.15) is 5.75 Å². The lowest BCUT2D eigenvalue weighted by molar-refractivity contribution is -0.00675. The highest BCUT2D eigenvalue weighted by Gasteiger charge is 2.41. The molecule has 2 atom stereocenters. The molecule has 0 saturated heterocycles. The van der Waals surface area contributed by atoms with Crippen LogP contribution in [0.3, 0.4) is 0 Å². The van der Waals surface area contributed by atoms with Crippen molar-refractivity contribution in [2.24, 2.45) is 0 Å². The minimum Gasteiger partial charge on any atom is -0.495 e. The maximum absolute atomic E-state index is 12.2. The molecule has 0 saturated carbocycles. The Morgan fingerprint density at radius 3 is 2.73 bits per heavy atom. The molecule has 1 N–H and O–H groups in total. The molecule has 5 heteroatoms. The van der Waals surface area contributed by atoms with Crippen LogP contribution >= 0.6 is 11.6 Å². The fourth-order valence-corrected chi connectivity index (χ4v) is 4.90. The molecule has 0 spiro atoms. The third-order valence-electron chi connectivity index (χ3n) is 6.35. The Labute approximate surface area is 185 Å². The van der Waals surface area contributed by atoms with Crippen LogP contribution in [-0.2, 0) is 16.8 Å². The first-order valence-electron chi connectivity index (χ1n) is 10.8. The van der Waals surface area contributed by atoms with E-state index in [-0.39, 0.29) is 5.92 Å². The number of hydrogen-bond acceptors (Lipinski definition) is 4. The summed E-state index contributed by atoms with van der Waals surface area (Å²) in [7, 11) is 5.46. The van der Waals surface area contributed by atoms with Crippen LogP contribution < -0.4 is 4.74 Å². The second-order valence-electron chi connectivity index (χ2n) is 8.32. The predicted octanol–water partition coefficient (Wildman–Crippen LogP) is 5.01. The number of likely N-dealkylation sites (N-methyl/N-ethyl adjacent to an activating group) is 1. The molecule has 0 amide bonds. The van der Waals surface area contributed by atoms with Crippen LogP contribution in [-0.4, -0.2) is 51.0 Å².